The summed E-state index contributed by atoms with van der Waals surface area (Å²) in [6, 6.07) is 14.1. The second-order valence-electron chi connectivity index (χ2n) is 8.22. The third kappa shape index (κ3) is 5.23. The number of carboxylic acids is 1. The van der Waals surface area contributed by atoms with Crippen LogP contribution in [0, 0.1) is 5.92 Å². The Bertz CT molecular complexity index is 926. The zero-order valence-corrected chi connectivity index (χ0v) is 17.9. The highest BCUT2D eigenvalue weighted by atomic mass is 16.5. The van der Waals surface area contributed by atoms with Crippen LogP contribution in [-0.2, 0) is 14.3 Å². The second-order valence-corrected chi connectivity index (χ2v) is 8.22. The van der Waals surface area contributed by atoms with Crippen molar-refractivity contribution in [1.29, 1.82) is 0 Å². The van der Waals surface area contributed by atoms with Gasteiger partial charge in [0, 0.05) is 5.92 Å². The highest BCUT2D eigenvalue weighted by Crippen LogP contribution is 2.44. The maximum Gasteiger partial charge on any atom is 0.407 e. The standard InChI is InChI=1S/C24H28N2O5/c1-14(2)12-21(23(28)29)26-22(27)15(3)25-24(30)31-13-20-18-10-6-4-8-16(18)17-9-5-7-11-19(17)20/h4-11,14-15,20-21H,12-13H2,1-3H3,(H,25,30)(H,26,27)(H,28,29)/t15-,21+/m0/s1. The minimum absolute atomic E-state index is 0.0790. The number of carboxylic acid groups (broad SMARTS) is 1. The van der Waals surface area contributed by atoms with Crippen LogP contribution in [-0.4, -0.2) is 41.8 Å². The second kappa shape index (κ2) is 9.64. The quantitative estimate of drug-likeness (QED) is 0.601. The number of alkyl carbamates (subject to hydrolysis) is 1. The monoisotopic (exact) mass is 424 g/mol. The van der Waals surface area contributed by atoms with E-state index in [1.807, 2.05) is 50.2 Å². The van der Waals surface area contributed by atoms with E-state index in [4.69, 9.17) is 4.74 Å². The summed E-state index contributed by atoms with van der Waals surface area (Å²) in [5.74, 6) is -1.64. The molecule has 164 valence electrons. The molecule has 1 aliphatic carbocycles. The number of carbonyl (C=O) groups excluding carboxylic acids is 2. The fourth-order valence-electron chi connectivity index (χ4n) is 3.87. The molecule has 0 bridgehead atoms. The van der Waals surface area contributed by atoms with Crippen LogP contribution in [0.1, 0.15) is 44.2 Å². The van der Waals surface area contributed by atoms with Crippen LogP contribution in [0.5, 0.6) is 0 Å². The van der Waals surface area contributed by atoms with Gasteiger partial charge in [-0.25, -0.2) is 9.59 Å². The summed E-state index contributed by atoms with van der Waals surface area (Å²) in [7, 11) is 0. The highest BCUT2D eigenvalue weighted by Gasteiger charge is 2.30. The Morgan fingerprint density at radius 2 is 1.48 bits per heavy atom. The largest absolute Gasteiger partial charge is 0.480 e. The average molecular weight is 424 g/mol. The van der Waals surface area contributed by atoms with E-state index in [-0.39, 0.29) is 18.4 Å². The van der Waals surface area contributed by atoms with E-state index in [0.29, 0.717) is 6.42 Å². The predicted molar refractivity (Wildman–Crippen MR) is 117 cm³/mol. The number of nitrogens with one attached hydrogen (secondary N) is 2. The number of fused-ring (bicyclic) bond motifs is 3. The van der Waals surface area contributed by atoms with Gasteiger partial charge in [-0.2, -0.15) is 0 Å². The third-order valence-electron chi connectivity index (χ3n) is 5.39. The van der Waals surface area contributed by atoms with Crippen LogP contribution in [0.3, 0.4) is 0 Å². The molecular formula is C24H28N2O5. The summed E-state index contributed by atoms with van der Waals surface area (Å²) in [5.41, 5.74) is 4.45. The van der Waals surface area contributed by atoms with Crippen LogP contribution in [0.4, 0.5) is 4.79 Å². The zero-order valence-electron chi connectivity index (χ0n) is 17.9. The maximum atomic E-state index is 12.3. The lowest BCUT2D eigenvalue weighted by atomic mass is 9.98. The molecule has 0 unspecified atom stereocenters. The van der Waals surface area contributed by atoms with Crippen LogP contribution >= 0.6 is 0 Å². The van der Waals surface area contributed by atoms with Gasteiger partial charge in [-0.15, -0.1) is 0 Å². The van der Waals surface area contributed by atoms with Crippen molar-refractivity contribution in [3.63, 3.8) is 0 Å². The number of hydrogen-bond donors (Lipinski definition) is 3. The molecule has 0 spiro atoms. The number of aliphatic carboxylic acids is 1. The molecule has 3 N–H and O–H groups in total. The van der Waals surface area contributed by atoms with E-state index in [1.165, 1.54) is 6.92 Å². The van der Waals surface area contributed by atoms with Gasteiger partial charge in [0.25, 0.3) is 0 Å². The summed E-state index contributed by atoms with van der Waals surface area (Å²) >= 11 is 0. The lowest BCUT2D eigenvalue weighted by molar-refractivity contribution is -0.142. The molecule has 2 aromatic rings. The van der Waals surface area contributed by atoms with Crippen molar-refractivity contribution < 1.29 is 24.2 Å². The molecule has 0 heterocycles. The molecule has 2 aromatic carbocycles. The van der Waals surface area contributed by atoms with Crippen LogP contribution < -0.4 is 10.6 Å². The first-order chi connectivity index (χ1) is 14.8. The van der Waals surface area contributed by atoms with Gasteiger partial charge >= 0.3 is 12.1 Å². The zero-order chi connectivity index (χ0) is 22.5. The van der Waals surface area contributed by atoms with Crippen molar-refractivity contribution in [2.45, 2.75) is 45.2 Å². The van der Waals surface area contributed by atoms with Crippen molar-refractivity contribution in [2.24, 2.45) is 5.92 Å². The molecule has 0 aromatic heterocycles. The lowest BCUT2D eigenvalue weighted by Crippen LogP contribution is -2.50. The number of ether oxygens (including phenoxy) is 1. The van der Waals surface area contributed by atoms with Crippen molar-refractivity contribution in [2.75, 3.05) is 6.61 Å². The predicted octanol–water partition coefficient (Wildman–Crippen LogP) is 3.53. The normalized spacial score (nSPS) is 14.3. The Hall–Kier alpha value is -3.35. The number of rotatable bonds is 8. The van der Waals surface area contributed by atoms with Gasteiger partial charge in [-0.05, 0) is 41.5 Å². The Morgan fingerprint density at radius 3 is 2.00 bits per heavy atom. The number of amides is 2. The van der Waals surface area contributed by atoms with Gasteiger partial charge in [-0.3, -0.25) is 4.79 Å². The van der Waals surface area contributed by atoms with E-state index in [2.05, 4.69) is 22.8 Å². The Labute approximate surface area is 181 Å². The van der Waals surface area contributed by atoms with Gasteiger partial charge in [0.2, 0.25) is 5.91 Å². The maximum absolute atomic E-state index is 12.3. The van der Waals surface area contributed by atoms with Crippen LogP contribution in [0.2, 0.25) is 0 Å². The van der Waals surface area contributed by atoms with Crippen molar-refractivity contribution >= 4 is 18.0 Å². The molecule has 2 atom stereocenters. The minimum atomic E-state index is -1.10. The minimum Gasteiger partial charge on any atom is -0.480 e. The van der Waals surface area contributed by atoms with E-state index >= 15 is 0 Å². The molecule has 0 saturated heterocycles. The molecule has 3 rings (SSSR count). The SMILES string of the molecule is CC(C)C[C@@H](NC(=O)[C@H](C)NC(=O)OCC1c2ccccc2-c2ccccc21)C(=O)O. The first-order valence-electron chi connectivity index (χ1n) is 10.4. The molecular weight excluding hydrogens is 396 g/mol. The van der Waals surface area contributed by atoms with Crippen molar-refractivity contribution in [1.82, 2.24) is 10.6 Å². The lowest BCUT2D eigenvalue weighted by Gasteiger charge is -2.20. The van der Waals surface area contributed by atoms with Crippen LogP contribution in [0.25, 0.3) is 11.1 Å². The third-order valence-corrected chi connectivity index (χ3v) is 5.39. The smallest absolute Gasteiger partial charge is 0.407 e. The fourth-order valence-corrected chi connectivity index (χ4v) is 3.87. The molecule has 7 nitrogen and oxygen atoms in total. The van der Waals surface area contributed by atoms with E-state index in [9.17, 15) is 19.5 Å². The van der Waals surface area contributed by atoms with Crippen molar-refractivity contribution in [3.8, 4) is 11.1 Å². The summed E-state index contributed by atoms with van der Waals surface area (Å²) in [4.78, 5) is 36.0. The topological polar surface area (TPSA) is 105 Å². The number of carbonyl (C=O) groups is 3. The van der Waals surface area contributed by atoms with Crippen LogP contribution in [0.15, 0.2) is 48.5 Å². The average Bonchev–Trinajstić information content (AvgIpc) is 3.05. The molecule has 7 heteroatoms. The molecule has 0 radical (unpaired) electrons. The van der Waals surface area contributed by atoms with Crippen molar-refractivity contribution in [3.05, 3.63) is 59.7 Å². The molecule has 31 heavy (non-hydrogen) atoms. The molecule has 2 amide bonds. The molecule has 0 saturated carbocycles. The molecule has 1 aliphatic rings. The van der Waals surface area contributed by atoms with Gasteiger partial charge in [0.1, 0.15) is 18.7 Å². The molecule has 0 fully saturated rings. The number of benzene rings is 2. The summed E-state index contributed by atoms with van der Waals surface area (Å²) in [6.45, 7) is 5.38. The highest BCUT2D eigenvalue weighted by molar-refractivity contribution is 5.89. The summed E-state index contributed by atoms with van der Waals surface area (Å²) < 4.78 is 5.43. The van der Waals surface area contributed by atoms with Gasteiger partial charge in [0.05, 0.1) is 0 Å². The van der Waals surface area contributed by atoms with Gasteiger partial charge in [-0.1, -0.05) is 62.4 Å². The first-order valence-corrected chi connectivity index (χ1v) is 10.4. The van der Waals surface area contributed by atoms with Gasteiger partial charge < -0.3 is 20.5 Å². The first kappa shape index (κ1) is 22.3. The summed E-state index contributed by atoms with van der Waals surface area (Å²) in [5, 5.41) is 14.2. The van der Waals surface area contributed by atoms with E-state index < -0.39 is 30.1 Å². The number of hydrogen-bond acceptors (Lipinski definition) is 4. The Balaban J connectivity index is 1.58. The summed E-state index contributed by atoms with van der Waals surface area (Å²) in [6.07, 6.45) is -0.418. The Kier molecular flexibility index (Phi) is 6.95. The fraction of sp³-hybridized carbons (Fsp3) is 0.375. The van der Waals surface area contributed by atoms with E-state index in [1.54, 1.807) is 0 Å². The van der Waals surface area contributed by atoms with Gasteiger partial charge in [0.15, 0.2) is 0 Å². The molecule has 0 aliphatic heterocycles. The van der Waals surface area contributed by atoms with E-state index in [0.717, 1.165) is 22.3 Å². The Morgan fingerprint density at radius 1 is 0.935 bits per heavy atom.